The molecule has 192 valence electrons. The molecular formula is C24H27ClN4O5S2. The Morgan fingerprint density at radius 1 is 0.972 bits per heavy atom. The molecule has 0 amide bonds. The van der Waals surface area contributed by atoms with E-state index in [1.807, 2.05) is 0 Å². The molecule has 0 radical (unpaired) electrons. The van der Waals surface area contributed by atoms with E-state index in [1.54, 1.807) is 43.3 Å². The van der Waals surface area contributed by atoms with Crippen LogP contribution in [-0.2, 0) is 20.0 Å². The van der Waals surface area contributed by atoms with Crippen molar-refractivity contribution in [2.75, 3.05) is 46.7 Å². The number of hydrogen-bond acceptors (Lipinski definition) is 7. The monoisotopic (exact) mass is 550 g/mol. The summed E-state index contributed by atoms with van der Waals surface area (Å²) in [6.07, 6.45) is 0. The second-order valence-corrected chi connectivity index (χ2v) is 12.2. The van der Waals surface area contributed by atoms with Crippen LogP contribution < -0.4 is 23.5 Å². The van der Waals surface area contributed by atoms with Crippen LogP contribution in [0.2, 0.25) is 0 Å². The van der Waals surface area contributed by atoms with Gasteiger partial charge in [0.15, 0.2) is 0 Å². The van der Waals surface area contributed by atoms with Gasteiger partial charge in [-0.3, -0.25) is 4.72 Å². The third-order valence-electron chi connectivity index (χ3n) is 5.82. The second-order valence-electron chi connectivity index (χ2n) is 8.21. The molecule has 36 heavy (non-hydrogen) atoms. The summed E-state index contributed by atoms with van der Waals surface area (Å²) in [5.41, 5.74) is 1.20. The smallest absolute Gasteiger partial charge is 0.278 e. The third-order valence-corrected chi connectivity index (χ3v) is 9.56. The van der Waals surface area contributed by atoms with Gasteiger partial charge in [0.1, 0.15) is 5.75 Å². The molecule has 0 aromatic heterocycles. The quantitative estimate of drug-likeness (QED) is 0.413. The van der Waals surface area contributed by atoms with E-state index in [1.165, 1.54) is 37.4 Å². The maximum Gasteiger partial charge on any atom is 0.278 e. The molecule has 1 fully saturated rings. The molecule has 0 aliphatic carbocycles. The summed E-state index contributed by atoms with van der Waals surface area (Å²) in [5, 5.41) is 3.27. The number of halogens is 1. The summed E-state index contributed by atoms with van der Waals surface area (Å²) >= 11 is 6.45. The van der Waals surface area contributed by atoms with Gasteiger partial charge in [0.25, 0.3) is 20.0 Å². The van der Waals surface area contributed by atoms with E-state index in [4.69, 9.17) is 16.5 Å². The predicted octanol–water partition coefficient (Wildman–Crippen LogP) is 3.56. The van der Waals surface area contributed by atoms with Crippen LogP contribution in [0.3, 0.4) is 0 Å². The van der Waals surface area contributed by atoms with Gasteiger partial charge in [-0.1, -0.05) is 18.2 Å². The molecule has 1 saturated heterocycles. The summed E-state index contributed by atoms with van der Waals surface area (Å²) in [4.78, 5) is 2.10. The highest BCUT2D eigenvalue weighted by atomic mass is 35.5. The van der Waals surface area contributed by atoms with Crippen LogP contribution in [-0.4, -0.2) is 50.1 Å². The minimum Gasteiger partial charge on any atom is -0.497 e. The molecule has 4 rings (SSSR count). The van der Waals surface area contributed by atoms with Gasteiger partial charge in [-0.25, -0.2) is 8.42 Å². The Labute approximate surface area is 216 Å². The topological polar surface area (TPSA) is 108 Å². The zero-order valence-corrected chi connectivity index (χ0v) is 22.2. The molecule has 9 nitrogen and oxygen atoms in total. The van der Waals surface area contributed by atoms with Gasteiger partial charge in [-0.2, -0.15) is 12.2 Å². The van der Waals surface area contributed by atoms with Crippen molar-refractivity contribution in [2.24, 2.45) is 0 Å². The summed E-state index contributed by atoms with van der Waals surface area (Å²) in [6, 6.07) is 17.2. The standard InChI is InChI=1S/C24H27ClN4O5S2/c1-18-16-20(34-2)9-11-24(18)36(32,33)29(25)23-10-8-19(28-14-12-26-13-15-28)17-22(23)27-35(30,31)21-6-4-3-5-7-21/h3-11,16-17,26-27H,12-15H2,1-2H3. The van der Waals surface area contributed by atoms with Crippen LogP contribution in [0, 0.1) is 6.92 Å². The first-order valence-electron chi connectivity index (χ1n) is 11.2. The number of methoxy groups -OCH3 is 1. The van der Waals surface area contributed by atoms with E-state index in [0.717, 1.165) is 31.9 Å². The van der Waals surface area contributed by atoms with Gasteiger partial charge < -0.3 is 15.0 Å². The number of piperazine rings is 1. The number of nitrogens with one attached hydrogen (secondary N) is 2. The summed E-state index contributed by atoms with van der Waals surface area (Å²) < 4.78 is 61.5. The lowest BCUT2D eigenvalue weighted by molar-refractivity contribution is 0.414. The van der Waals surface area contributed by atoms with Crippen molar-refractivity contribution in [3.8, 4) is 5.75 Å². The Morgan fingerprint density at radius 2 is 1.67 bits per heavy atom. The van der Waals surface area contributed by atoms with Crippen molar-refractivity contribution < 1.29 is 21.6 Å². The first-order valence-corrected chi connectivity index (χ1v) is 14.4. The van der Waals surface area contributed by atoms with Gasteiger partial charge in [0.05, 0.1) is 28.3 Å². The first kappa shape index (κ1) is 26.1. The number of rotatable bonds is 8. The minimum absolute atomic E-state index is 0.0229. The average Bonchev–Trinajstić information content (AvgIpc) is 2.88. The minimum atomic E-state index is -4.24. The summed E-state index contributed by atoms with van der Waals surface area (Å²) in [7, 11) is -6.78. The first-order chi connectivity index (χ1) is 17.1. The van der Waals surface area contributed by atoms with E-state index >= 15 is 0 Å². The number of aryl methyl sites for hydroxylation is 1. The molecule has 2 N–H and O–H groups in total. The van der Waals surface area contributed by atoms with Crippen molar-refractivity contribution in [2.45, 2.75) is 16.7 Å². The zero-order valence-electron chi connectivity index (χ0n) is 19.8. The highest BCUT2D eigenvalue weighted by Gasteiger charge is 2.29. The molecular weight excluding hydrogens is 524 g/mol. The maximum atomic E-state index is 13.5. The van der Waals surface area contributed by atoms with Gasteiger partial charge in [-0.15, -0.1) is 0 Å². The molecule has 0 bridgehead atoms. The molecule has 1 heterocycles. The number of anilines is 3. The normalized spacial score (nSPS) is 14.4. The highest BCUT2D eigenvalue weighted by molar-refractivity contribution is 7.94. The van der Waals surface area contributed by atoms with Gasteiger partial charge in [0.2, 0.25) is 0 Å². The third kappa shape index (κ3) is 5.39. The molecule has 1 aliphatic heterocycles. The van der Waals surface area contributed by atoms with Crippen LogP contribution in [0.4, 0.5) is 17.1 Å². The molecule has 0 saturated carbocycles. The Morgan fingerprint density at radius 3 is 2.31 bits per heavy atom. The van der Waals surface area contributed by atoms with Crippen molar-refractivity contribution in [1.29, 1.82) is 0 Å². The Bertz CT molecular complexity index is 1440. The van der Waals surface area contributed by atoms with E-state index in [9.17, 15) is 16.8 Å². The predicted molar refractivity (Wildman–Crippen MR) is 142 cm³/mol. The van der Waals surface area contributed by atoms with E-state index in [2.05, 4.69) is 14.9 Å². The Hall–Kier alpha value is -2.99. The fourth-order valence-electron chi connectivity index (χ4n) is 3.94. The molecule has 0 unspecified atom stereocenters. The number of ether oxygens (including phenoxy) is 1. The number of nitrogens with zero attached hydrogens (tertiary/aromatic N) is 2. The van der Waals surface area contributed by atoms with Crippen LogP contribution >= 0.6 is 11.8 Å². The van der Waals surface area contributed by atoms with E-state index < -0.39 is 20.0 Å². The van der Waals surface area contributed by atoms with Crippen molar-refractivity contribution >= 4 is 48.9 Å². The summed E-state index contributed by atoms with van der Waals surface area (Å²) in [6.45, 7) is 4.63. The lowest BCUT2D eigenvalue weighted by Crippen LogP contribution is -2.43. The molecule has 12 heteroatoms. The zero-order chi connectivity index (χ0) is 25.9. The Balaban J connectivity index is 1.78. The lowest BCUT2D eigenvalue weighted by Gasteiger charge is -2.30. The van der Waals surface area contributed by atoms with Crippen LogP contribution in [0.1, 0.15) is 5.56 Å². The maximum absolute atomic E-state index is 13.5. The van der Waals surface area contributed by atoms with Crippen LogP contribution in [0.5, 0.6) is 5.75 Å². The molecule has 0 spiro atoms. The van der Waals surface area contributed by atoms with E-state index in [0.29, 0.717) is 15.1 Å². The molecule has 0 atom stereocenters. The number of benzene rings is 3. The second kappa shape index (κ2) is 10.6. The number of sulfonamides is 2. The van der Waals surface area contributed by atoms with E-state index in [-0.39, 0.29) is 21.2 Å². The fraction of sp³-hybridized carbons (Fsp3) is 0.250. The lowest BCUT2D eigenvalue weighted by atomic mass is 10.2. The highest BCUT2D eigenvalue weighted by Crippen LogP contribution is 2.37. The van der Waals surface area contributed by atoms with Crippen molar-refractivity contribution in [3.63, 3.8) is 0 Å². The summed E-state index contributed by atoms with van der Waals surface area (Å²) in [5.74, 6) is 0.504. The molecule has 1 aliphatic rings. The van der Waals surface area contributed by atoms with Crippen molar-refractivity contribution in [3.05, 3.63) is 72.3 Å². The van der Waals surface area contributed by atoms with Crippen LogP contribution in [0.15, 0.2) is 76.5 Å². The number of hydrogen-bond donors (Lipinski definition) is 2. The average molecular weight is 551 g/mol. The molecule has 3 aromatic carbocycles. The molecule has 3 aromatic rings. The van der Waals surface area contributed by atoms with Crippen LogP contribution in [0.25, 0.3) is 0 Å². The fourth-order valence-corrected chi connectivity index (χ4v) is 6.69. The Kier molecular flexibility index (Phi) is 7.65. The van der Waals surface area contributed by atoms with Crippen molar-refractivity contribution in [1.82, 2.24) is 5.32 Å². The van der Waals surface area contributed by atoms with Gasteiger partial charge in [0, 0.05) is 43.6 Å². The largest absolute Gasteiger partial charge is 0.497 e. The SMILES string of the molecule is COc1ccc(S(=O)(=O)N(Cl)c2ccc(N3CCNCC3)cc2NS(=O)(=O)c2ccccc2)c(C)c1. The van der Waals surface area contributed by atoms with Gasteiger partial charge in [-0.05, 0) is 61.0 Å². The van der Waals surface area contributed by atoms with Gasteiger partial charge >= 0.3 is 0 Å².